The number of aryl methyl sites for hydroxylation is 1. The molecule has 2 fully saturated rings. The van der Waals surface area contributed by atoms with Crippen LogP contribution in [0.3, 0.4) is 0 Å². The lowest BCUT2D eigenvalue weighted by Crippen LogP contribution is -2.49. The Balaban J connectivity index is 1.87. The van der Waals surface area contributed by atoms with Gasteiger partial charge < -0.3 is 9.64 Å². The Labute approximate surface area is 119 Å². The van der Waals surface area contributed by atoms with Gasteiger partial charge in [0.2, 0.25) is 0 Å². The summed E-state index contributed by atoms with van der Waals surface area (Å²) in [6.07, 6.45) is 5.89. The summed E-state index contributed by atoms with van der Waals surface area (Å²) in [5.74, 6) is 1.83. The van der Waals surface area contributed by atoms with Crippen LogP contribution in [0.15, 0.2) is 6.07 Å². The molecule has 1 aliphatic carbocycles. The van der Waals surface area contributed by atoms with Gasteiger partial charge in [0.05, 0.1) is 18.8 Å². The van der Waals surface area contributed by atoms with Gasteiger partial charge in [-0.15, -0.1) is 0 Å². The van der Waals surface area contributed by atoms with E-state index in [1.54, 1.807) is 0 Å². The van der Waals surface area contributed by atoms with Gasteiger partial charge in [-0.3, -0.25) is 0 Å². The smallest absolute Gasteiger partial charge is 0.134 e. The van der Waals surface area contributed by atoms with Crippen molar-refractivity contribution in [2.75, 3.05) is 18.1 Å². The Morgan fingerprint density at radius 2 is 2.32 bits per heavy atom. The minimum atomic E-state index is 0.372. The third kappa shape index (κ3) is 2.70. The van der Waals surface area contributed by atoms with Crippen LogP contribution in [0, 0.1) is 0 Å². The summed E-state index contributed by atoms with van der Waals surface area (Å²) in [5.41, 5.74) is 0. The Morgan fingerprint density at radius 1 is 1.42 bits per heavy atom. The standard InChI is InChI=1S/C14H20ClN3O/c1-2-4-13-16-12(15)9-14(17-13)18-7-8-19-11-6-3-5-10(11)18/h9-11H,2-8H2,1H3. The summed E-state index contributed by atoms with van der Waals surface area (Å²) in [6.45, 7) is 3.82. The summed E-state index contributed by atoms with van der Waals surface area (Å²) in [7, 11) is 0. The normalized spacial score (nSPS) is 26.5. The molecular weight excluding hydrogens is 262 g/mol. The third-order valence-corrected chi connectivity index (χ3v) is 4.17. The largest absolute Gasteiger partial charge is 0.374 e. The van der Waals surface area contributed by atoms with Gasteiger partial charge in [-0.1, -0.05) is 18.5 Å². The van der Waals surface area contributed by atoms with Crippen molar-refractivity contribution in [1.82, 2.24) is 9.97 Å². The number of fused-ring (bicyclic) bond motifs is 1. The molecule has 1 aliphatic heterocycles. The lowest BCUT2D eigenvalue weighted by molar-refractivity contribution is 0.0253. The van der Waals surface area contributed by atoms with Gasteiger partial charge in [-0.25, -0.2) is 9.97 Å². The van der Waals surface area contributed by atoms with Gasteiger partial charge in [-0.05, 0) is 25.7 Å². The SMILES string of the molecule is CCCc1nc(Cl)cc(N2CCOC3CCCC32)n1. The molecule has 0 aromatic carbocycles. The summed E-state index contributed by atoms with van der Waals surface area (Å²) in [5, 5.41) is 0.550. The highest BCUT2D eigenvalue weighted by molar-refractivity contribution is 6.29. The van der Waals surface area contributed by atoms with Crippen LogP contribution in [0.25, 0.3) is 0 Å². The fourth-order valence-electron chi connectivity index (χ4n) is 3.14. The van der Waals surface area contributed by atoms with Gasteiger partial charge in [0.1, 0.15) is 16.8 Å². The molecular formula is C14H20ClN3O. The first-order valence-corrected chi connectivity index (χ1v) is 7.57. The average molecular weight is 282 g/mol. The topological polar surface area (TPSA) is 38.2 Å². The summed E-state index contributed by atoms with van der Waals surface area (Å²) in [4.78, 5) is 11.4. The van der Waals surface area contributed by atoms with E-state index in [4.69, 9.17) is 16.3 Å². The number of morpholine rings is 1. The van der Waals surface area contributed by atoms with Crippen molar-refractivity contribution in [1.29, 1.82) is 0 Å². The molecule has 3 rings (SSSR count). The maximum Gasteiger partial charge on any atom is 0.134 e. The Kier molecular flexibility index (Phi) is 3.89. The minimum absolute atomic E-state index is 0.372. The van der Waals surface area contributed by atoms with Crippen molar-refractivity contribution in [2.24, 2.45) is 0 Å². The van der Waals surface area contributed by atoms with Crippen molar-refractivity contribution in [2.45, 2.75) is 51.2 Å². The van der Waals surface area contributed by atoms with Crippen LogP contribution in [0.1, 0.15) is 38.4 Å². The van der Waals surface area contributed by atoms with E-state index < -0.39 is 0 Å². The highest BCUT2D eigenvalue weighted by Crippen LogP contribution is 2.32. The van der Waals surface area contributed by atoms with Crippen molar-refractivity contribution >= 4 is 17.4 Å². The van der Waals surface area contributed by atoms with Crippen LogP contribution < -0.4 is 4.90 Å². The number of aromatic nitrogens is 2. The molecule has 104 valence electrons. The van der Waals surface area contributed by atoms with Crippen LogP contribution in [-0.4, -0.2) is 35.3 Å². The third-order valence-electron chi connectivity index (χ3n) is 3.98. The zero-order valence-corrected chi connectivity index (χ0v) is 12.1. The second-order valence-electron chi connectivity index (χ2n) is 5.32. The van der Waals surface area contributed by atoms with E-state index in [0.717, 1.165) is 37.6 Å². The van der Waals surface area contributed by atoms with E-state index in [-0.39, 0.29) is 0 Å². The van der Waals surface area contributed by atoms with Gasteiger partial charge in [0, 0.05) is 19.0 Å². The van der Waals surface area contributed by atoms with Crippen LogP contribution in [0.4, 0.5) is 5.82 Å². The van der Waals surface area contributed by atoms with Crippen LogP contribution in [-0.2, 0) is 11.2 Å². The molecule has 1 aromatic heterocycles. The Hall–Kier alpha value is -0.870. The lowest BCUT2D eigenvalue weighted by Gasteiger charge is -2.38. The number of anilines is 1. The quantitative estimate of drug-likeness (QED) is 0.799. The van der Waals surface area contributed by atoms with Crippen molar-refractivity contribution < 1.29 is 4.74 Å². The van der Waals surface area contributed by atoms with Crippen LogP contribution in [0.5, 0.6) is 0 Å². The molecule has 2 unspecified atom stereocenters. The molecule has 2 aliphatic rings. The summed E-state index contributed by atoms with van der Waals surface area (Å²) in [6, 6.07) is 2.36. The molecule has 0 amide bonds. The van der Waals surface area contributed by atoms with Gasteiger partial charge in [0.25, 0.3) is 0 Å². The molecule has 0 spiro atoms. The molecule has 1 saturated heterocycles. The first-order valence-electron chi connectivity index (χ1n) is 7.19. The summed E-state index contributed by atoms with van der Waals surface area (Å²) >= 11 is 6.14. The van der Waals surface area contributed by atoms with Gasteiger partial charge in [0.15, 0.2) is 0 Å². The lowest BCUT2D eigenvalue weighted by atomic mass is 10.1. The van der Waals surface area contributed by atoms with E-state index in [0.29, 0.717) is 17.3 Å². The van der Waals surface area contributed by atoms with E-state index in [1.165, 1.54) is 19.3 Å². The second kappa shape index (κ2) is 5.63. The first kappa shape index (κ1) is 13.1. The molecule has 0 bridgehead atoms. The molecule has 0 radical (unpaired) electrons. The first-order chi connectivity index (χ1) is 9.28. The zero-order valence-electron chi connectivity index (χ0n) is 11.3. The zero-order chi connectivity index (χ0) is 13.2. The predicted octanol–water partition coefficient (Wildman–Crippen LogP) is 2.84. The molecule has 19 heavy (non-hydrogen) atoms. The molecule has 1 aromatic rings. The van der Waals surface area contributed by atoms with Gasteiger partial charge in [-0.2, -0.15) is 0 Å². The molecule has 2 atom stereocenters. The van der Waals surface area contributed by atoms with Gasteiger partial charge >= 0.3 is 0 Å². The van der Waals surface area contributed by atoms with Crippen molar-refractivity contribution in [3.8, 4) is 0 Å². The average Bonchev–Trinajstić information content (AvgIpc) is 2.86. The monoisotopic (exact) mass is 281 g/mol. The maximum absolute atomic E-state index is 6.14. The number of ether oxygens (including phenoxy) is 1. The number of nitrogens with zero attached hydrogens (tertiary/aromatic N) is 3. The molecule has 5 heteroatoms. The fourth-order valence-corrected chi connectivity index (χ4v) is 3.34. The fraction of sp³-hybridized carbons (Fsp3) is 0.714. The van der Waals surface area contributed by atoms with Crippen LogP contribution in [0.2, 0.25) is 5.15 Å². The van der Waals surface area contributed by atoms with Crippen molar-refractivity contribution in [3.63, 3.8) is 0 Å². The Bertz CT molecular complexity index is 454. The highest BCUT2D eigenvalue weighted by Gasteiger charge is 2.36. The summed E-state index contributed by atoms with van der Waals surface area (Å²) < 4.78 is 5.84. The molecule has 1 saturated carbocycles. The highest BCUT2D eigenvalue weighted by atomic mass is 35.5. The van der Waals surface area contributed by atoms with Crippen LogP contribution >= 0.6 is 11.6 Å². The number of hydrogen-bond acceptors (Lipinski definition) is 4. The number of hydrogen-bond donors (Lipinski definition) is 0. The van der Waals surface area contributed by atoms with E-state index in [9.17, 15) is 0 Å². The maximum atomic E-state index is 6.14. The van der Waals surface area contributed by atoms with E-state index >= 15 is 0 Å². The molecule has 0 N–H and O–H groups in total. The van der Waals surface area contributed by atoms with E-state index in [2.05, 4.69) is 21.8 Å². The number of rotatable bonds is 3. The molecule has 2 heterocycles. The van der Waals surface area contributed by atoms with Crippen molar-refractivity contribution in [3.05, 3.63) is 17.0 Å². The number of halogens is 1. The predicted molar refractivity (Wildman–Crippen MR) is 75.8 cm³/mol. The second-order valence-corrected chi connectivity index (χ2v) is 5.70. The minimum Gasteiger partial charge on any atom is -0.374 e. The van der Waals surface area contributed by atoms with E-state index in [1.807, 2.05) is 6.07 Å². The molecule has 4 nitrogen and oxygen atoms in total. The Morgan fingerprint density at radius 3 is 3.16 bits per heavy atom.